The molecule has 2 aromatic heterocycles. The van der Waals surface area contributed by atoms with Gasteiger partial charge < -0.3 is 10.3 Å². The zero-order valence-electron chi connectivity index (χ0n) is 12.1. The van der Waals surface area contributed by atoms with Crippen molar-refractivity contribution in [1.82, 2.24) is 25.1 Å². The van der Waals surface area contributed by atoms with Gasteiger partial charge in [-0.15, -0.1) is 0 Å². The van der Waals surface area contributed by atoms with E-state index in [-0.39, 0.29) is 0 Å². The number of nitrogens with one attached hydrogen (secondary N) is 2. The fourth-order valence-corrected chi connectivity index (χ4v) is 2.47. The highest BCUT2D eigenvalue weighted by Gasteiger charge is 2.09. The maximum Gasteiger partial charge on any atom is 0.104 e. The zero-order chi connectivity index (χ0) is 14.1. The first-order valence-corrected chi connectivity index (χ1v) is 6.81. The number of aromatic amines is 1. The minimum Gasteiger partial charge on any atom is -0.342 e. The van der Waals surface area contributed by atoms with Crippen molar-refractivity contribution >= 4 is 11.0 Å². The third-order valence-corrected chi connectivity index (χ3v) is 3.46. The van der Waals surface area contributed by atoms with E-state index in [9.17, 15) is 0 Å². The van der Waals surface area contributed by atoms with E-state index in [0.29, 0.717) is 0 Å². The molecule has 0 saturated heterocycles. The van der Waals surface area contributed by atoms with Crippen LogP contribution in [0.4, 0.5) is 0 Å². The van der Waals surface area contributed by atoms with E-state index in [0.717, 1.165) is 46.8 Å². The molecule has 5 nitrogen and oxygen atoms in total. The van der Waals surface area contributed by atoms with Crippen molar-refractivity contribution in [2.24, 2.45) is 7.05 Å². The molecule has 20 heavy (non-hydrogen) atoms. The molecule has 0 bridgehead atoms. The third-order valence-electron chi connectivity index (χ3n) is 3.46. The van der Waals surface area contributed by atoms with Crippen LogP contribution in [-0.4, -0.2) is 33.3 Å². The Morgan fingerprint density at radius 1 is 1.30 bits per heavy atom. The number of hydrogen-bond acceptors (Lipinski definition) is 3. The molecule has 2 N–H and O–H groups in total. The second kappa shape index (κ2) is 5.09. The third kappa shape index (κ3) is 2.32. The zero-order valence-corrected chi connectivity index (χ0v) is 12.1. The number of fused-ring (bicyclic) bond motifs is 1. The SMILES string of the molecule is CNCCc1cc(-c2ccc3nc(C)[nH]c3c2)n(C)n1. The van der Waals surface area contributed by atoms with Crippen LogP contribution in [0.3, 0.4) is 0 Å². The lowest BCUT2D eigenvalue weighted by molar-refractivity contribution is 0.720. The number of nitrogens with zero attached hydrogens (tertiary/aromatic N) is 3. The lowest BCUT2D eigenvalue weighted by Gasteiger charge is -2.01. The smallest absolute Gasteiger partial charge is 0.104 e. The molecule has 0 amide bonds. The summed E-state index contributed by atoms with van der Waals surface area (Å²) >= 11 is 0. The Labute approximate surface area is 118 Å². The van der Waals surface area contributed by atoms with Gasteiger partial charge in [-0.05, 0) is 32.2 Å². The molecule has 0 atom stereocenters. The van der Waals surface area contributed by atoms with E-state index < -0.39 is 0 Å². The normalized spacial score (nSPS) is 11.3. The largest absolute Gasteiger partial charge is 0.342 e. The number of likely N-dealkylation sites (N-methyl/N-ethyl adjacent to an activating group) is 1. The van der Waals surface area contributed by atoms with Gasteiger partial charge in [-0.3, -0.25) is 4.68 Å². The summed E-state index contributed by atoms with van der Waals surface area (Å²) in [6.07, 6.45) is 0.940. The van der Waals surface area contributed by atoms with Gasteiger partial charge in [-0.2, -0.15) is 5.10 Å². The highest BCUT2D eigenvalue weighted by atomic mass is 15.3. The van der Waals surface area contributed by atoms with E-state index in [1.54, 1.807) is 0 Å². The molecule has 0 saturated carbocycles. The lowest BCUT2D eigenvalue weighted by atomic mass is 10.1. The van der Waals surface area contributed by atoms with Crippen molar-refractivity contribution in [2.45, 2.75) is 13.3 Å². The molecule has 1 aromatic carbocycles. The van der Waals surface area contributed by atoms with Crippen LogP contribution >= 0.6 is 0 Å². The van der Waals surface area contributed by atoms with Crippen molar-refractivity contribution in [3.63, 3.8) is 0 Å². The monoisotopic (exact) mass is 269 g/mol. The number of rotatable bonds is 4. The number of H-pyrrole nitrogens is 1. The number of hydrogen-bond donors (Lipinski definition) is 2. The van der Waals surface area contributed by atoms with Gasteiger partial charge in [0, 0.05) is 25.6 Å². The molecule has 0 aliphatic carbocycles. The Morgan fingerprint density at radius 2 is 2.15 bits per heavy atom. The Balaban J connectivity index is 1.99. The van der Waals surface area contributed by atoms with E-state index in [1.807, 2.05) is 25.7 Å². The maximum absolute atomic E-state index is 4.56. The van der Waals surface area contributed by atoms with Crippen LogP contribution in [0.25, 0.3) is 22.3 Å². The standard InChI is InChI=1S/C15H19N5/c1-10-17-13-5-4-11(8-14(13)18-10)15-9-12(6-7-16-2)19-20(15)3/h4-5,8-9,16H,6-7H2,1-3H3,(H,17,18). The molecular formula is C15H19N5. The first-order chi connectivity index (χ1) is 9.67. The Morgan fingerprint density at radius 3 is 2.95 bits per heavy atom. The van der Waals surface area contributed by atoms with E-state index >= 15 is 0 Å². The summed E-state index contributed by atoms with van der Waals surface area (Å²) in [6.45, 7) is 2.91. The molecule has 3 aromatic rings. The summed E-state index contributed by atoms with van der Waals surface area (Å²) in [6, 6.07) is 8.44. The van der Waals surface area contributed by atoms with E-state index in [4.69, 9.17) is 0 Å². The predicted molar refractivity (Wildman–Crippen MR) is 80.7 cm³/mol. The van der Waals surface area contributed by atoms with Gasteiger partial charge in [0.25, 0.3) is 0 Å². The van der Waals surface area contributed by atoms with Crippen LogP contribution in [0.5, 0.6) is 0 Å². The number of aromatic nitrogens is 4. The van der Waals surface area contributed by atoms with Crippen LogP contribution in [0.2, 0.25) is 0 Å². The quantitative estimate of drug-likeness (QED) is 0.762. The van der Waals surface area contributed by atoms with Crippen LogP contribution in [0.15, 0.2) is 24.3 Å². The average Bonchev–Trinajstić information content (AvgIpc) is 2.97. The molecule has 3 rings (SSSR count). The van der Waals surface area contributed by atoms with Gasteiger partial charge >= 0.3 is 0 Å². The number of benzene rings is 1. The number of imidazole rings is 1. The van der Waals surface area contributed by atoms with Crippen LogP contribution in [0.1, 0.15) is 11.5 Å². The van der Waals surface area contributed by atoms with Crippen LogP contribution < -0.4 is 5.32 Å². The summed E-state index contributed by atoms with van der Waals surface area (Å²) in [5.74, 6) is 0.942. The molecule has 104 valence electrons. The second-order valence-corrected chi connectivity index (χ2v) is 5.05. The van der Waals surface area contributed by atoms with Crippen molar-refractivity contribution in [1.29, 1.82) is 0 Å². The Kier molecular flexibility index (Phi) is 3.28. The van der Waals surface area contributed by atoms with Crippen molar-refractivity contribution in [2.75, 3.05) is 13.6 Å². The molecule has 5 heteroatoms. The maximum atomic E-state index is 4.56. The predicted octanol–water partition coefficient (Wildman–Crippen LogP) is 2.03. The minimum absolute atomic E-state index is 0.940. The molecule has 0 spiro atoms. The van der Waals surface area contributed by atoms with Gasteiger partial charge in [-0.25, -0.2) is 4.98 Å². The average molecular weight is 269 g/mol. The van der Waals surface area contributed by atoms with E-state index in [1.165, 1.54) is 0 Å². The molecule has 0 aliphatic heterocycles. The fraction of sp³-hybridized carbons (Fsp3) is 0.333. The summed E-state index contributed by atoms with van der Waals surface area (Å²) < 4.78 is 1.94. The first kappa shape index (κ1) is 12.9. The number of aryl methyl sites for hydroxylation is 2. The lowest BCUT2D eigenvalue weighted by Crippen LogP contribution is -2.10. The molecule has 0 fully saturated rings. The highest BCUT2D eigenvalue weighted by molar-refractivity contribution is 5.81. The first-order valence-electron chi connectivity index (χ1n) is 6.81. The van der Waals surface area contributed by atoms with Crippen LogP contribution in [-0.2, 0) is 13.5 Å². The topological polar surface area (TPSA) is 58.5 Å². The van der Waals surface area contributed by atoms with Crippen molar-refractivity contribution in [3.8, 4) is 11.3 Å². The minimum atomic E-state index is 0.940. The molecular weight excluding hydrogens is 250 g/mol. The van der Waals surface area contributed by atoms with Crippen LogP contribution in [0, 0.1) is 6.92 Å². The summed E-state index contributed by atoms with van der Waals surface area (Å²) in [5, 5.41) is 7.71. The van der Waals surface area contributed by atoms with Gasteiger partial charge in [0.1, 0.15) is 5.82 Å². The second-order valence-electron chi connectivity index (χ2n) is 5.05. The van der Waals surface area contributed by atoms with Crippen molar-refractivity contribution in [3.05, 3.63) is 35.8 Å². The molecule has 2 heterocycles. The molecule has 0 unspecified atom stereocenters. The van der Waals surface area contributed by atoms with Gasteiger partial charge in [-0.1, -0.05) is 6.07 Å². The van der Waals surface area contributed by atoms with Gasteiger partial charge in [0.15, 0.2) is 0 Å². The van der Waals surface area contributed by atoms with Gasteiger partial charge in [0.2, 0.25) is 0 Å². The van der Waals surface area contributed by atoms with Crippen molar-refractivity contribution < 1.29 is 0 Å². The fourth-order valence-electron chi connectivity index (χ4n) is 2.47. The summed E-state index contributed by atoms with van der Waals surface area (Å²) in [5.41, 5.74) is 5.47. The highest BCUT2D eigenvalue weighted by Crippen LogP contribution is 2.23. The summed E-state index contributed by atoms with van der Waals surface area (Å²) in [4.78, 5) is 7.71. The Hall–Kier alpha value is -2.14. The van der Waals surface area contributed by atoms with Gasteiger partial charge in [0.05, 0.1) is 22.4 Å². The summed E-state index contributed by atoms with van der Waals surface area (Å²) in [7, 11) is 3.94. The molecule has 0 aliphatic rings. The van der Waals surface area contributed by atoms with E-state index in [2.05, 4.69) is 44.6 Å². The Bertz CT molecular complexity index is 738. The molecule has 0 radical (unpaired) electrons.